The van der Waals surface area contributed by atoms with E-state index in [0.717, 1.165) is 24.2 Å². The third kappa shape index (κ3) is 3.18. The lowest BCUT2D eigenvalue weighted by atomic mass is 10.0. The lowest BCUT2D eigenvalue weighted by Crippen LogP contribution is -2.47. The van der Waals surface area contributed by atoms with E-state index in [2.05, 4.69) is 43.4 Å². The Morgan fingerprint density at radius 2 is 1.80 bits per heavy atom. The molecular formula is C14H25N5S. The van der Waals surface area contributed by atoms with Crippen LogP contribution in [0.15, 0.2) is 0 Å². The van der Waals surface area contributed by atoms with Crippen molar-refractivity contribution < 1.29 is 0 Å². The highest BCUT2D eigenvalue weighted by molar-refractivity contribution is 7.99. The Kier molecular flexibility index (Phi) is 4.63. The molecule has 0 unspecified atom stereocenters. The fourth-order valence-electron chi connectivity index (χ4n) is 3.17. The molecule has 1 aromatic rings. The lowest BCUT2D eigenvalue weighted by molar-refractivity contribution is 0.110. The predicted octanol–water partition coefficient (Wildman–Crippen LogP) is 1.14. The number of thioether (sulfide) groups is 1. The van der Waals surface area contributed by atoms with Gasteiger partial charge in [-0.05, 0) is 19.8 Å². The maximum Gasteiger partial charge on any atom is 0.146 e. The van der Waals surface area contributed by atoms with Crippen molar-refractivity contribution in [2.75, 3.05) is 37.7 Å². The SMILES string of the molecule is Cc1nnc(CN2CCC(N3CCSCC3)CC2)n1C. The molecule has 0 bridgehead atoms. The molecule has 0 N–H and O–H groups in total. The van der Waals surface area contributed by atoms with E-state index in [1.165, 1.54) is 50.5 Å². The van der Waals surface area contributed by atoms with Gasteiger partial charge < -0.3 is 4.57 Å². The molecule has 112 valence electrons. The zero-order valence-corrected chi connectivity index (χ0v) is 13.4. The molecule has 3 rings (SSSR count). The summed E-state index contributed by atoms with van der Waals surface area (Å²) in [7, 11) is 2.06. The Morgan fingerprint density at radius 1 is 1.10 bits per heavy atom. The van der Waals surface area contributed by atoms with Crippen LogP contribution in [-0.4, -0.2) is 68.3 Å². The quantitative estimate of drug-likeness (QED) is 0.836. The van der Waals surface area contributed by atoms with E-state index in [4.69, 9.17) is 0 Å². The van der Waals surface area contributed by atoms with Crippen LogP contribution in [0.25, 0.3) is 0 Å². The molecule has 0 aliphatic carbocycles. The molecule has 2 fully saturated rings. The second kappa shape index (κ2) is 6.45. The number of likely N-dealkylation sites (tertiary alicyclic amines) is 1. The molecule has 20 heavy (non-hydrogen) atoms. The van der Waals surface area contributed by atoms with Gasteiger partial charge in [0.25, 0.3) is 0 Å². The second-order valence-corrected chi connectivity index (χ2v) is 7.10. The fraction of sp³-hybridized carbons (Fsp3) is 0.857. The summed E-state index contributed by atoms with van der Waals surface area (Å²) < 4.78 is 2.11. The first-order chi connectivity index (χ1) is 9.74. The van der Waals surface area contributed by atoms with Gasteiger partial charge in [-0.2, -0.15) is 11.8 Å². The molecule has 0 saturated carbocycles. The van der Waals surface area contributed by atoms with Gasteiger partial charge in [-0.1, -0.05) is 0 Å². The zero-order chi connectivity index (χ0) is 13.9. The second-order valence-electron chi connectivity index (χ2n) is 5.88. The van der Waals surface area contributed by atoms with Crippen LogP contribution in [0, 0.1) is 6.92 Å². The number of rotatable bonds is 3. The Balaban J connectivity index is 1.49. The minimum absolute atomic E-state index is 0.813. The van der Waals surface area contributed by atoms with Gasteiger partial charge >= 0.3 is 0 Å². The number of hydrogen-bond donors (Lipinski definition) is 0. The van der Waals surface area contributed by atoms with E-state index in [-0.39, 0.29) is 0 Å². The van der Waals surface area contributed by atoms with Gasteiger partial charge in [0, 0.05) is 50.8 Å². The van der Waals surface area contributed by atoms with Crippen molar-refractivity contribution in [3.8, 4) is 0 Å². The topological polar surface area (TPSA) is 37.2 Å². The molecule has 6 heteroatoms. The highest BCUT2D eigenvalue weighted by Crippen LogP contribution is 2.21. The third-order valence-electron chi connectivity index (χ3n) is 4.67. The molecule has 0 aromatic carbocycles. The van der Waals surface area contributed by atoms with Crippen LogP contribution >= 0.6 is 11.8 Å². The Labute approximate surface area is 125 Å². The van der Waals surface area contributed by atoms with E-state index in [1.54, 1.807) is 0 Å². The molecule has 2 saturated heterocycles. The van der Waals surface area contributed by atoms with Gasteiger partial charge in [0.1, 0.15) is 11.6 Å². The Morgan fingerprint density at radius 3 is 2.40 bits per heavy atom. The largest absolute Gasteiger partial charge is 0.317 e. The van der Waals surface area contributed by atoms with Crippen LogP contribution < -0.4 is 0 Å². The first-order valence-corrected chi connectivity index (χ1v) is 8.78. The van der Waals surface area contributed by atoms with Crippen molar-refractivity contribution in [2.45, 2.75) is 32.4 Å². The number of hydrogen-bond acceptors (Lipinski definition) is 5. The predicted molar refractivity (Wildman–Crippen MR) is 82.9 cm³/mol. The molecular weight excluding hydrogens is 270 g/mol. The zero-order valence-electron chi connectivity index (χ0n) is 12.6. The molecule has 2 aliphatic rings. The average molecular weight is 295 g/mol. The molecule has 0 radical (unpaired) electrons. The summed E-state index contributed by atoms with van der Waals surface area (Å²) in [5.74, 6) is 4.73. The van der Waals surface area contributed by atoms with E-state index < -0.39 is 0 Å². The summed E-state index contributed by atoms with van der Waals surface area (Å²) in [6.07, 6.45) is 2.61. The van der Waals surface area contributed by atoms with E-state index >= 15 is 0 Å². The molecule has 3 heterocycles. The number of piperidine rings is 1. The van der Waals surface area contributed by atoms with Crippen molar-refractivity contribution >= 4 is 11.8 Å². The highest BCUT2D eigenvalue weighted by Gasteiger charge is 2.26. The Hall–Kier alpha value is -0.590. The monoisotopic (exact) mass is 295 g/mol. The lowest BCUT2D eigenvalue weighted by Gasteiger charge is -2.39. The average Bonchev–Trinajstić information content (AvgIpc) is 2.81. The minimum atomic E-state index is 0.813. The fourth-order valence-corrected chi connectivity index (χ4v) is 4.11. The maximum absolute atomic E-state index is 4.28. The first kappa shape index (κ1) is 14.4. The third-order valence-corrected chi connectivity index (χ3v) is 5.61. The van der Waals surface area contributed by atoms with Crippen LogP contribution in [-0.2, 0) is 13.6 Å². The van der Waals surface area contributed by atoms with Crippen LogP contribution in [0.1, 0.15) is 24.5 Å². The first-order valence-electron chi connectivity index (χ1n) is 7.63. The van der Waals surface area contributed by atoms with Crippen molar-refractivity contribution in [1.82, 2.24) is 24.6 Å². The van der Waals surface area contributed by atoms with Crippen LogP contribution in [0.3, 0.4) is 0 Å². The van der Waals surface area contributed by atoms with Crippen molar-refractivity contribution in [2.24, 2.45) is 7.05 Å². The molecule has 2 aliphatic heterocycles. The molecule has 0 spiro atoms. The standard InChI is InChI=1S/C14H25N5S/c1-12-15-16-14(17(12)2)11-18-5-3-13(4-6-18)19-7-9-20-10-8-19/h13H,3-11H2,1-2H3. The molecule has 0 amide bonds. The highest BCUT2D eigenvalue weighted by atomic mass is 32.2. The summed E-state index contributed by atoms with van der Waals surface area (Å²) in [6.45, 7) is 7.92. The molecule has 0 atom stereocenters. The van der Waals surface area contributed by atoms with Gasteiger partial charge in [-0.3, -0.25) is 9.80 Å². The smallest absolute Gasteiger partial charge is 0.146 e. The van der Waals surface area contributed by atoms with Crippen LogP contribution in [0.4, 0.5) is 0 Å². The van der Waals surface area contributed by atoms with Gasteiger partial charge in [0.15, 0.2) is 0 Å². The van der Waals surface area contributed by atoms with Gasteiger partial charge in [0.05, 0.1) is 6.54 Å². The van der Waals surface area contributed by atoms with Crippen LogP contribution in [0.5, 0.6) is 0 Å². The molecule has 5 nitrogen and oxygen atoms in total. The molecule has 1 aromatic heterocycles. The minimum Gasteiger partial charge on any atom is -0.317 e. The number of aromatic nitrogens is 3. The summed E-state index contributed by atoms with van der Waals surface area (Å²) in [6, 6.07) is 0.813. The summed E-state index contributed by atoms with van der Waals surface area (Å²) in [5.41, 5.74) is 0. The summed E-state index contributed by atoms with van der Waals surface area (Å²) in [5, 5.41) is 8.42. The Bertz CT molecular complexity index is 433. The number of aryl methyl sites for hydroxylation is 1. The number of nitrogens with zero attached hydrogens (tertiary/aromatic N) is 5. The van der Waals surface area contributed by atoms with Gasteiger partial charge in [-0.15, -0.1) is 10.2 Å². The van der Waals surface area contributed by atoms with Crippen molar-refractivity contribution in [3.63, 3.8) is 0 Å². The van der Waals surface area contributed by atoms with E-state index in [9.17, 15) is 0 Å². The maximum atomic E-state index is 4.28. The van der Waals surface area contributed by atoms with Crippen molar-refractivity contribution in [3.05, 3.63) is 11.6 Å². The van der Waals surface area contributed by atoms with Crippen LogP contribution in [0.2, 0.25) is 0 Å². The normalized spacial score (nSPS) is 23.3. The van der Waals surface area contributed by atoms with Crippen molar-refractivity contribution in [1.29, 1.82) is 0 Å². The van der Waals surface area contributed by atoms with E-state index in [0.29, 0.717) is 0 Å². The van der Waals surface area contributed by atoms with Gasteiger partial charge in [0.2, 0.25) is 0 Å². The summed E-state index contributed by atoms with van der Waals surface area (Å²) >= 11 is 2.10. The van der Waals surface area contributed by atoms with E-state index in [1.807, 2.05) is 6.92 Å². The summed E-state index contributed by atoms with van der Waals surface area (Å²) in [4.78, 5) is 5.24. The van der Waals surface area contributed by atoms with Gasteiger partial charge in [-0.25, -0.2) is 0 Å².